The molecule has 1 aromatic heterocycles. The fourth-order valence-corrected chi connectivity index (χ4v) is 2.68. The number of aromatic nitrogens is 1. The van der Waals surface area contributed by atoms with E-state index in [0.29, 0.717) is 12.1 Å². The van der Waals surface area contributed by atoms with E-state index in [0.717, 1.165) is 0 Å². The number of hydrogen-bond donors (Lipinski definition) is 1. The van der Waals surface area contributed by atoms with Gasteiger partial charge in [-0.05, 0) is 30.7 Å². The van der Waals surface area contributed by atoms with E-state index in [4.69, 9.17) is 0 Å². The Kier molecular flexibility index (Phi) is 3.48. The molecule has 1 heterocycles. The summed E-state index contributed by atoms with van der Waals surface area (Å²) in [6.07, 6.45) is 0. The van der Waals surface area contributed by atoms with E-state index in [-0.39, 0.29) is 5.91 Å². The molecule has 21 heavy (non-hydrogen) atoms. The molecule has 0 atom stereocenters. The van der Waals surface area contributed by atoms with Gasteiger partial charge in [-0.1, -0.05) is 36.4 Å². The molecule has 3 rings (SSSR count). The number of carbonyl (C=O) groups is 1. The molecule has 1 amide bonds. The maximum Gasteiger partial charge on any atom is 0.251 e. The molecule has 3 heteroatoms. The number of para-hydroxylation sites is 1. The van der Waals surface area contributed by atoms with Crippen LogP contribution in [0.4, 0.5) is 0 Å². The zero-order valence-corrected chi connectivity index (χ0v) is 12.3. The lowest BCUT2D eigenvalue weighted by Gasteiger charge is -2.06. The maximum absolute atomic E-state index is 12.2. The lowest BCUT2D eigenvalue weighted by molar-refractivity contribution is 0.0951. The molecule has 0 saturated carbocycles. The number of nitrogens with one attached hydrogen (secondary N) is 1. The van der Waals surface area contributed by atoms with Crippen LogP contribution >= 0.6 is 0 Å². The van der Waals surface area contributed by atoms with Crippen LogP contribution in [0.15, 0.2) is 54.6 Å². The predicted molar refractivity (Wildman–Crippen MR) is 85.3 cm³/mol. The number of carbonyl (C=O) groups excluding carboxylic acids is 1. The van der Waals surface area contributed by atoms with E-state index in [9.17, 15) is 4.79 Å². The molecular formula is C18H18N2O. The molecular weight excluding hydrogens is 260 g/mol. The summed E-state index contributed by atoms with van der Waals surface area (Å²) in [6.45, 7) is 2.63. The summed E-state index contributed by atoms with van der Waals surface area (Å²) in [5.41, 5.74) is 4.25. The Morgan fingerprint density at radius 1 is 1.05 bits per heavy atom. The maximum atomic E-state index is 12.2. The van der Waals surface area contributed by atoms with Crippen LogP contribution in [0.3, 0.4) is 0 Å². The second kappa shape index (κ2) is 5.44. The van der Waals surface area contributed by atoms with Gasteiger partial charge in [0.2, 0.25) is 0 Å². The van der Waals surface area contributed by atoms with Crippen molar-refractivity contribution in [2.24, 2.45) is 7.05 Å². The van der Waals surface area contributed by atoms with Crippen LogP contribution in [0.1, 0.15) is 21.6 Å². The summed E-state index contributed by atoms with van der Waals surface area (Å²) in [5.74, 6) is -0.0389. The summed E-state index contributed by atoms with van der Waals surface area (Å²) in [7, 11) is 2.06. The smallest absolute Gasteiger partial charge is 0.251 e. The summed E-state index contributed by atoms with van der Waals surface area (Å²) >= 11 is 0. The Hall–Kier alpha value is -2.55. The van der Waals surface area contributed by atoms with Gasteiger partial charge in [-0.3, -0.25) is 4.79 Å². The molecule has 3 aromatic rings. The number of hydrogen-bond acceptors (Lipinski definition) is 1. The van der Waals surface area contributed by atoms with Gasteiger partial charge >= 0.3 is 0 Å². The molecule has 0 aliphatic heterocycles. The molecule has 0 radical (unpaired) electrons. The van der Waals surface area contributed by atoms with Crippen molar-refractivity contribution in [3.05, 3.63) is 71.4 Å². The van der Waals surface area contributed by atoms with Crippen molar-refractivity contribution in [2.45, 2.75) is 13.5 Å². The SMILES string of the molecule is Cc1c(CNC(=O)c2ccccc2)c2ccccc2n1C. The van der Waals surface area contributed by atoms with Crippen molar-refractivity contribution in [1.29, 1.82) is 0 Å². The highest BCUT2D eigenvalue weighted by Gasteiger charge is 2.12. The highest BCUT2D eigenvalue weighted by atomic mass is 16.1. The molecule has 0 spiro atoms. The quantitative estimate of drug-likeness (QED) is 0.782. The second-order valence-electron chi connectivity index (χ2n) is 5.19. The lowest BCUT2D eigenvalue weighted by atomic mass is 10.1. The fraction of sp³-hybridized carbons (Fsp3) is 0.167. The molecule has 3 nitrogen and oxygen atoms in total. The number of aryl methyl sites for hydroxylation is 1. The van der Waals surface area contributed by atoms with Gasteiger partial charge in [-0.2, -0.15) is 0 Å². The van der Waals surface area contributed by atoms with E-state index in [2.05, 4.69) is 36.0 Å². The Labute approximate surface area is 124 Å². The zero-order valence-electron chi connectivity index (χ0n) is 12.3. The van der Waals surface area contributed by atoms with Gasteiger partial charge in [0.25, 0.3) is 5.91 Å². The number of nitrogens with zero attached hydrogens (tertiary/aromatic N) is 1. The van der Waals surface area contributed by atoms with Gasteiger partial charge in [0.15, 0.2) is 0 Å². The van der Waals surface area contributed by atoms with Gasteiger partial charge in [0.05, 0.1) is 0 Å². The Morgan fingerprint density at radius 3 is 2.48 bits per heavy atom. The second-order valence-corrected chi connectivity index (χ2v) is 5.19. The number of benzene rings is 2. The van der Waals surface area contributed by atoms with Crippen LogP contribution in [-0.2, 0) is 13.6 Å². The lowest BCUT2D eigenvalue weighted by Crippen LogP contribution is -2.23. The first-order chi connectivity index (χ1) is 10.2. The van der Waals surface area contributed by atoms with Crippen molar-refractivity contribution in [2.75, 3.05) is 0 Å². The molecule has 0 aliphatic rings. The van der Waals surface area contributed by atoms with Crippen LogP contribution < -0.4 is 5.32 Å². The molecule has 0 aliphatic carbocycles. The minimum absolute atomic E-state index is 0.0389. The minimum atomic E-state index is -0.0389. The van der Waals surface area contributed by atoms with Crippen LogP contribution in [0.2, 0.25) is 0 Å². The molecule has 106 valence electrons. The van der Waals surface area contributed by atoms with Crippen molar-refractivity contribution < 1.29 is 4.79 Å². The van der Waals surface area contributed by atoms with Crippen molar-refractivity contribution in [1.82, 2.24) is 9.88 Å². The van der Waals surface area contributed by atoms with Gasteiger partial charge in [0, 0.05) is 35.8 Å². The normalized spacial score (nSPS) is 10.8. The molecule has 0 fully saturated rings. The Balaban J connectivity index is 1.86. The molecule has 0 bridgehead atoms. The Bertz CT molecular complexity index is 788. The fourth-order valence-electron chi connectivity index (χ4n) is 2.68. The first kappa shape index (κ1) is 13.4. The van der Waals surface area contributed by atoms with E-state index in [1.165, 1.54) is 22.2 Å². The molecule has 1 N–H and O–H groups in total. The summed E-state index contributed by atoms with van der Waals surface area (Å²) in [6, 6.07) is 17.6. The first-order valence-electron chi connectivity index (χ1n) is 7.04. The monoisotopic (exact) mass is 278 g/mol. The van der Waals surface area contributed by atoms with Crippen molar-refractivity contribution >= 4 is 16.8 Å². The topological polar surface area (TPSA) is 34.0 Å². The van der Waals surface area contributed by atoms with E-state index in [1.54, 1.807) is 0 Å². The number of fused-ring (bicyclic) bond motifs is 1. The molecule has 2 aromatic carbocycles. The van der Waals surface area contributed by atoms with Gasteiger partial charge in [0.1, 0.15) is 0 Å². The summed E-state index contributed by atoms with van der Waals surface area (Å²) in [4.78, 5) is 12.2. The zero-order chi connectivity index (χ0) is 14.8. The van der Waals surface area contributed by atoms with Gasteiger partial charge in [-0.15, -0.1) is 0 Å². The van der Waals surface area contributed by atoms with E-state index >= 15 is 0 Å². The third-order valence-corrected chi connectivity index (χ3v) is 3.99. The average Bonchev–Trinajstić information content (AvgIpc) is 2.78. The standard InChI is InChI=1S/C18H18N2O/c1-13-16(15-10-6-7-11-17(15)20(13)2)12-19-18(21)14-8-4-3-5-9-14/h3-11H,12H2,1-2H3,(H,19,21). The third-order valence-electron chi connectivity index (χ3n) is 3.99. The average molecular weight is 278 g/mol. The van der Waals surface area contributed by atoms with Crippen LogP contribution in [0, 0.1) is 6.92 Å². The third kappa shape index (κ3) is 2.42. The largest absolute Gasteiger partial charge is 0.348 e. The highest BCUT2D eigenvalue weighted by Crippen LogP contribution is 2.24. The van der Waals surface area contributed by atoms with Crippen LogP contribution in [0.25, 0.3) is 10.9 Å². The van der Waals surface area contributed by atoms with Crippen molar-refractivity contribution in [3.8, 4) is 0 Å². The first-order valence-corrected chi connectivity index (χ1v) is 7.04. The van der Waals surface area contributed by atoms with E-state index in [1.807, 2.05) is 42.5 Å². The van der Waals surface area contributed by atoms with Gasteiger partial charge < -0.3 is 9.88 Å². The van der Waals surface area contributed by atoms with Gasteiger partial charge in [-0.25, -0.2) is 0 Å². The predicted octanol–water partition coefficient (Wildman–Crippen LogP) is 3.42. The van der Waals surface area contributed by atoms with Crippen LogP contribution in [0.5, 0.6) is 0 Å². The molecule has 0 unspecified atom stereocenters. The minimum Gasteiger partial charge on any atom is -0.348 e. The highest BCUT2D eigenvalue weighted by molar-refractivity contribution is 5.94. The van der Waals surface area contributed by atoms with E-state index < -0.39 is 0 Å². The summed E-state index contributed by atoms with van der Waals surface area (Å²) in [5, 5.41) is 4.21. The summed E-state index contributed by atoms with van der Waals surface area (Å²) < 4.78 is 2.17. The number of amides is 1. The number of rotatable bonds is 3. The molecule has 0 saturated heterocycles. The van der Waals surface area contributed by atoms with Crippen molar-refractivity contribution in [3.63, 3.8) is 0 Å². The van der Waals surface area contributed by atoms with Crippen LogP contribution in [-0.4, -0.2) is 10.5 Å². The Morgan fingerprint density at radius 2 is 1.71 bits per heavy atom.